The summed E-state index contributed by atoms with van der Waals surface area (Å²) in [4.78, 5) is 14.7. The van der Waals surface area contributed by atoms with Crippen molar-refractivity contribution in [2.45, 2.75) is 12.3 Å². The van der Waals surface area contributed by atoms with Crippen LogP contribution in [0.15, 0.2) is 83.5 Å². The van der Waals surface area contributed by atoms with Crippen molar-refractivity contribution in [1.29, 1.82) is 5.41 Å². The van der Waals surface area contributed by atoms with E-state index in [4.69, 9.17) is 20.3 Å². The molecule has 4 aromatic rings. The Hall–Kier alpha value is -5.00. The van der Waals surface area contributed by atoms with Crippen LogP contribution < -0.4 is 25.6 Å². The second kappa shape index (κ2) is 9.71. The number of carbonyl (C=O) groups excluding carboxylic acids is 1. The summed E-state index contributed by atoms with van der Waals surface area (Å²) in [6.45, 7) is 0. The van der Waals surface area contributed by atoms with E-state index in [-0.39, 0.29) is 11.5 Å². The Balaban J connectivity index is 1.61. The van der Waals surface area contributed by atoms with Gasteiger partial charge in [-0.1, -0.05) is 18.2 Å². The van der Waals surface area contributed by atoms with Crippen molar-refractivity contribution >= 4 is 34.8 Å². The van der Waals surface area contributed by atoms with Crippen molar-refractivity contribution in [3.63, 3.8) is 0 Å². The summed E-state index contributed by atoms with van der Waals surface area (Å²) in [6.07, 6.45) is -4.00. The molecule has 1 aliphatic rings. The van der Waals surface area contributed by atoms with Crippen molar-refractivity contribution in [2.75, 3.05) is 22.2 Å². The Labute approximate surface area is 219 Å². The van der Waals surface area contributed by atoms with Crippen molar-refractivity contribution in [3.8, 4) is 5.75 Å². The summed E-state index contributed by atoms with van der Waals surface area (Å²) in [5, 5.41) is 12.1. The normalized spacial score (nSPS) is 14.9. The van der Waals surface area contributed by atoms with Crippen molar-refractivity contribution in [3.05, 3.63) is 102 Å². The van der Waals surface area contributed by atoms with E-state index in [9.17, 15) is 22.4 Å². The Bertz CT molecular complexity index is 1550. The predicted molar refractivity (Wildman–Crippen MR) is 137 cm³/mol. The molecule has 4 N–H and O–H groups in total. The molecule has 0 bridgehead atoms. The number of fused-ring (bicyclic) bond motifs is 1. The third kappa shape index (κ3) is 4.72. The van der Waals surface area contributed by atoms with Gasteiger partial charge >= 0.3 is 12.2 Å². The van der Waals surface area contributed by atoms with Crippen LogP contribution in [0.2, 0.25) is 0 Å². The largest absolute Gasteiger partial charge is 0.497 e. The number of furan rings is 1. The Morgan fingerprint density at radius 1 is 1.10 bits per heavy atom. The highest BCUT2D eigenvalue weighted by atomic mass is 19.4. The molecule has 0 fully saturated rings. The molecule has 2 amide bonds. The third-order valence-electron chi connectivity index (χ3n) is 6.22. The zero-order chi connectivity index (χ0) is 27.9. The van der Waals surface area contributed by atoms with Gasteiger partial charge in [0.1, 0.15) is 23.6 Å². The molecule has 39 heavy (non-hydrogen) atoms. The molecule has 5 rings (SSSR count). The molecule has 3 aromatic carbocycles. The molecular weight excluding hydrogens is 518 g/mol. The molecule has 1 aliphatic heterocycles. The third-order valence-corrected chi connectivity index (χ3v) is 6.22. The molecule has 8 nitrogen and oxygen atoms in total. The summed E-state index contributed by atoms with van der Waals surface area (Å²) >= 11 is 0. The number of ether oxygens (including phenoxy) is 1. The summed E-state index contributed by atoms with van der Waals surface area (Å²) in [6, 6.07) is 15.2. The number of benzene rings is 3. The minimum Gasteiger partial charge on any atom is -0.497 e. The van der Waals surface area contributed by atoms with Gasteiger partial charge in [0.25, 0.3) is 0 Å². The highest BCUT2D eigenvalue weighted by molar-refractivity contribution is 6.13. The topological polar surface area (TPSA) is 108 Å². The molecule has 12 heteroatoms. The molecule has 0 spiro atoms. The van der Waals surface area contributed by atoms with E-state index in [1.54, 1.807) is 41.3 Å². The number of nitrogens with one attached hydrogen (secondary N) is 2. The number of amidine groups is 1. The number of nitrogens with zero attached hydrogens (tertiary/aromatic N) is 2. The predicted octanol–water partition coefficient (Wildman–Crippen LogP) is 6.62. The zero-order valence-electron chi connectivity index (χ0n) is 20.3. The van der Waals surface area contributed by atoms with Crippen LogP contribution in [-0.2, 0) is 6.18 Å². The first-order valence-corrected chi connectivity index (χ1v) is 11.5. The molecule has 0 saturated carbocycles. The second-order valence-electron chi connectivity index (χ2n) is 8.56. The van der Waals surface area contributed by atoms with Crippen molar-refractivity contribution in [2.24, 2.45) is 5.73 Å². The van der Waals surface area contributed by atoms with E-state index in [0.29, 0.717) is 46.0 Å². The monoisotopic (exact) mass is 539 g/mol. The number of nitrogens with two attached hydrogens (primary N) is 1. The van der Waals surface area contributed by atoms with E-state index in [1.165, 1.54) is 31.6 Å². The lowest BCUT2D eigenvalue weighted by atomic mass is 10.0. The van der Waals surface area contributed by atoms with Gasteiger partial charge in [-0.25, -0.2) is 9.18 Å². The summed E-state index contributed by atoms with van der Waals surface area (Å²) < 4.78 is 65.6. The number of anilines is 4. The molecule has 1 unspecified atom stereocenters. The fourth-order valence-electron chi connectivity index (χ4n) is 4.38. The average Bonchev–Trinajstić information content (AvgIpc) is 3.38. The summed E-state index contributed by atoms with van der Waals surface area (Å²) in [5.74, 6) is -0.0276. The van der Waals surface area contributed by atoms with E-state index in [1.807, 2.05) is 0 Å². The van der Waals surface area contributed by atoms with Crippen molar-refractivity contribution in [1.82, 2.24) is 0 Å². The van der Waals surface area contributed by atoms with Crippen LogP contribution in [0.4, 0.5) is 45.3 Å². The Kier molecular flexibility index (Phi) is 6.38. The summed E-state index contributed by atoms with van der Waals surface area (Å²) in [5.41, 5.74) is 5.28. The number of hydrogen-bond acceptors (Lipinski definition) is 5. The van der Waals surface area contributed by atoms with Gasteiger partial charge in [-0.05, 0) is 60.2 Å². The lowest BCUT2D eigenvalue weighted by molar-refractivity contribution is -0.137. The van der Waals surface area contributed by atoms with Crippen LogP contribution in [-0.4, -0.2) is 19.0 Å². The molecule has 0 saturated heterocycles. The van der Waals surface area contributed by atoms with E-state index >= 15 is 0 Å². The fourth-order valence-corrected chi connectivity index (χ4v) is 4.38. The van der Waals surface area contributed by atoms with Crippen LogP contribution in [0.1, 0.15) is 22.9 Å². The number of urea groups is 1. The van der Waals surface area contributed by atoms with E-state index in [0.717, 1.165) is 5.56 Å². The van der Waals surface area contributed by atoms with Gasteiger partial charge in [0.2, 0.25) is 5.88 Å². The first kappa shape index (κ1) is 25.6. The lowest BCUT2D eigenvalue weighted by Gasteiger charge is -2.38. The number of rotatable bonds is 5. The average molecular weight is 539 g/mol. The van der Waals surface area contributed by atoms with E-state index in [2.05, 4.69) is 5.32 Å². The standard InChI is InChI=1S/C27H21F4N5O3/c1-38-19-8-5-15(6-9-19)24-34-25-20(11-12-39-25)23(32)36(24)18-4-2-3-17(14-18)35(26(33)37)22-13-16(27(29,30)31)7-10-21(22)28/h2-14,24,32,34H,1H3,(H2,33,37). The Morgan fingerprint density at radius 2 is 1.85 bits per heavy atom. The van der Waals surface area contributed by atoms with Crippen molar-refractivity contribution < 1.29 is 31.5 Å². The number of amides is 2. The first-order valence-electron chi connectivity index (χ1n) is 11.5. The van der Waals surface area contributed by atoms with Crippen LogP contribution in [0.25, 0.3) is 0 Å². The van der Waals surface area contributed by atoms with Crippen LogP contribution in [0, 0.1) is 11.2 Å². The zero-order valence-corrected chi connectivity index (χ0v) is 20.3. The summed E-state index contributed by atoms with van der Waals surface area (Å²) in [7, 11) is 1.54. The maximum absolute atomic E-state index is 14.8. The fraction of sp³-hybridized carbons (Fsp3) is 0.111. The highest BCUT2D eigenvalue weighted by Crippen LogP contribution is 2.40. The molecular formula is C27H21F4N5O3. The maximum Gasteiger partial charge on any atom is 0.416 e. The van der Waals surface area contributed by atoms with Gasteiger partial charge in [-0.3, -0.25) is 10.3 Å². The Morgan fingerprint density at radius 3 is 2.51 bits per heavy atom. The lowest BCUT2D eigenvalue weighted by Crippen LogP contribution is -2.43. The van der Waals surface area contributed by atoms with Gasteiger partial charge < -0.3 is 25.1 Å². The molecule has 0 aliphatic carbocycles. The maximum atomic E-state index is 14.8. The number of carbonyl (C=O) groups is 1. The minimum absolute atomic E-state index is 0.00232. The molecule has 0 radical (unpaired) electrons. The highest BCUT2D eigenvalue weighted by Gasteiger charge is 2.35. The molecule has 1 atom stereocenters. The van der Waals surface area contributed by atoms with E-state index < -0.39 is 35.4 Å². The second-order valence-corrected chi connectivity index (χ2v) is 8.56. The quantitative estimate of drug-likeness (QED) is 0.247. The first-order chi connectivity index (χ1) is 18.6. The molecule has 2 heterocycles. The number of alkyl halides is 3. The molecule has 200 valence electrons. The van der Waals surface area contributed by atoms with Gasteiger partial charge in [-0.15, -0.1) is 0 Å². The molecule has 1 aromatic heterocycles. The van der Waals surface area contributed by atoms with Gasteiger partial charge in [0, 0.05) is 5.69 Å². The SMILES string of the molecule is COc1ccc(C2Nc3occc3C(=N)N2c2cccc(N(C(N)=O)c3cc(C(F)(F)F)ccc3F)c2)cc1. The van der Waals surface area contributed by atoms with Gasteiger partial charge in [0.05, 0.1) is 35.9 Å². The van der Waals surface area contributed by atoms with Gasteiger partial charge in [-0.2, -0.15) is 13.2 Å². The van der Waals surface area contributed by atoms with Crippen LogP contribution in [0.3, 0.4) is 0 Å². The van der Waals surface area contributed by atoms with Crippen LogP contribution in [0.5, 0.6) is 5.75 Å². The number of halogens is 4. The number of primary amides is 1. The minimum atomic E-state index is -4.77. The number of methoxy groups -OCH3 is 1. The van der Waals surface area contributed by atoms with Gasteiger partial charge in [0.15, 0.2) is 0 Å². The smallest absolute Gasteiger partial charge is 0.416 e. The number of hydrogen-bond donors (Lipinski definition) is 3. The van der Waals surface area contributed by atoms with Crippen LogP contribution >= 0.6 is 0 Å².